The molecule has 0 radical (unpaired) electrons. The highest BCUT2D eigenvalue weighted by Crippen LogP contribution is 2.60. The van der Waals surface area contributed by atoms with Crippen LogP contribution in [0.25, 0.3) is 0 Å². The summed E-state index contributed by atoms with van der Waals surface area (Å²) in [6.07, 6.45) is 1.30. The van der Waals surface area contributed by atoms with Crippen molar-refractivity contribution >= 4 is 40.0 Å². The van der Waals surface area contributed by atoms with Crippen LogP contribution in [0, 0.1) is 30.6 Å². The molecule has 158 valence electrons. The largest absolute Gasteiger partial charge is 0.462 e. The molecule has 2 unspecified atom stereocenters. The number of fused-ring (bicyclic) bond motifs is 2. The Morgan fingerprint density at radius 1 is 1.24 bits per heavy atom. The SMILES string of the molecule is CCOC(=O)c1c(NC(=O)CN2C(=O)C3CCC(C)(C2=O)C3(C)C)sc(C)c1C. The Morgan fingerprint density at radius 2 is 1.90 bits per heavy atom. The van der Waals surface area contributed by atoms with Gasteiger partial charge in [0.25, 0.3) is 0 Å². The Labute approximate surface area is 174 Å². The summed E-state index contributed by atoms with van der Waals surface area (Å²) in [5, 5.41) is 3.10. The maximum absolute atomic E-state index is 13.1. The summed E-state index contributed by atoms with van der Waals surface area (Å²) in [6.45, 7) is 11.1. The summed E-state index contributed by atoms with van der Waals surface area (Å²) in [6, 6.07) is 0. The Bertz CT molecular complexity index is 903. The molecule has 3 amide bonds. The standard InChI is InChI=1S/C21H28N2O5S/c1-7-28-18(26)15-11(2)12(3)29-16(15)22-14(24)10-23-17(25)13-8-9-21(6,19(23)27)20(13,4)5/h13H,7-10H2,1-6H3,(H,22,24). The Hall–Kier alpha value is -2.22. The number of piperidine rings is 1. The van der Waals surface area contributed by atoms with Crippen LogP contribution >= 0.6 is 11.3 Å². The molecule has 2 bridgehead atoms. The van der Waals surface area contributed by atoms with Gasteiger partial charge in [-0.05, 0) is 44.6 Å². The van der Waals surface area contributed by atoms with Crippen molar-refractivity contribution in [3.63, 3.8) is 0 Å². The maximum Gasteiger partial charge on any atom is 0.341 e. The number of esters is 1. The van der Waals surface area contributed by atoms with Gasteiger partial charge in [0, 0.05) is 10.8 Å². The van der Waals surface area contributed by atoms with Gasteiger partial charge in [0.2, 0.25) is 17.7 Å². The maximum atomic E-state index is 13.1. The molecule has 2 fully saturated rings. The zero-order valence-corrected chi connectivity index (χ0v) is 18.6. The number of nitrogens with one attached hydrogen (secondary N) is 1. The molecule has 1 aliphatic carbocycles. The summed E-state index contributed by atoms with van der Waals surface area (Å²) in [5.41, 5.74) is -0.000950. The number of imide groups is 1. The smallest absolute Gasteiger partial charge is 0.341 e. The number of ether oxygens (including phenoxy) is 1. The number of anilines is 1. The number of amides is 3. The zero-order chi connectivity index (χ0) is 21.7. The predicted octanol–water partition coefficient (Wildman–Crippen LogP) is 3.29. The third-order valence-electron chi connectivity index (χ3n) is 6.93. The van der Waals surface area contributed by atoms with E-state index in [0.717, 1.165) is 15.3 Å². The molecular formula is C21H28N2O5S. The molecule has 1 N–H and O–H groups in total. The summed E-state index contributed by atoms with van der Waals surface area (Å²) in [7, 11) is 0. The van der Waals surface area contributed by atoms with Crippen molar-refractivity contribution in [2.45, 2.75) is 54.4 Å². The van der Waals surface area contributed by atoms with Crippen molar-refractivity contribution in [3.05, 3.63) is 16.0 Å². The van der Waals surface area contributed by atoms with E-state index in [9.17, 15) is 19.2 Å². The molecule has 2 atom stereocenters. The molecule has 29 heavy (non-hydrogen) atoms. The number of aryl methyl sites for hydroxylation is 1. The number of nitrogens with zero attached hydrogens (tertiary/aromatic N) is 1. The molecular weight excluding hydrogens is 392 g/mol. The highest BCUT2D eigenvalue weighted by molar-refractivity contribution is 7.16. The van der Waals surface area contributed by atoms with Crippen molar-refractivity contribution in [3.8, 4) is 0 Å². The number of likely N-dealkylation sites (tertiary alicyclic amines) is 1. The molecule has 8 heteroatoms. The third kappa shape index (κ3) is 3.17. The fourth-order valence-corrected chi connectivity index (χ4v) is 5.59. The fraction of sp³-hybridized carbons (Fsp3) is 0.619. The monoisotopic (exact) mass is 420 g/mol. The lowest BCUT2D eigenvalue weighted by Crippen LogP contribution is -2.60. The van der Waals surface area contributed by atoms with Crippen molar-refractivity contribution in [2.24, 2.45) is 16.7 Å². The molecule has 2 aliphatic rings. The van der Waals surface area contributed by atoms with Gasteiger partial charge in [-0.1, -0.05) is 20.8 Å². The van der Waals surface area contributed by atoms with Gasteiger partial charge in [0.15, 0.2) is 0 Å². The van der Waals surface area contributed by atoms with E-state index < -0.39 is 22.7 Å². The van der Waals surface area contributed by atoms with E-state index in [1.807, 2.05) is 27.7 Å². The molecule has 0 aromatic carbocycles. The first kappa shape index (κ1) is 21.5. The van der Waals surface area contributed by atoms with Crippen molar-refractivity contribution < 1.29 is 23.9 Å². The van der Waals surface area contributed by atoms with E-state index in [1.54, 1.807) is 13.8 Å². The van der Waals surface area contributed by atoms with Gasteiger partial charge in [-0.15, -0.1) is 11.3 Å². The van der Waals surface area contributed by atoms with Gasteiger partial charge in [-0.25, -0.2) is 4.79 Å². The van der Waals surface area contributed by atoms with Crippen LogP contribution < -0.4 is 5.32 Å². The van der Waals surface area contributed by atoms with Crippen LogP contribution in [0.4, 0.5) is 5.00 Å². The first-order valence-electron chi connectivity index (χ1n) is 9.88. The molecule has 3 rings (SSSR count). The van der Waals surface area contributed by atoms with Crippen LogP contribution in [0.3, 0.4) is 0 Å². The first-order valence-corrected chi connectivity index (χ1v) is 10.7. The average molecular weight is 421 g/mol. The minimum absolute atomic E-state index is 0.229. The molecule has 1 aromatic heterocycles. The second-order valence-electron chi connectivity index (χ2n) is 8.63. The lowest BCUT2D eigenvalue weighted by Gasteiger charge is -2.47. The minimum Gasteiger partial charge on any atom is -0.462 e. The van der Waals surface area contributed by atoms with Crippen LogP contribution in [0.5, 0.6) is 0 Å². The van der Waals surface area contributed by atoms with Gasteiger partial charge >= 0.3 is 5.97 Å². The second-order valence-corrected chi connectivity index (χ2v) is 9.86. The lowest BCUT2D eigenvalue weighted by atomic mass is 9.62. The Kier molecular flexibility index (Phi) is 5.36. The summed E-state index contributed by atoms with van der Waals surface area (Å²) in [5.74, 6) is -1.84. The number of thiophene rings is 1. The van der Waals surface area contributed by atoms with Crippen LogP contribution in [-0.2, 0) is 19.1 Å². The number of hydrogen-bond acceptors (Lipinski definition) is 6. The molecule has 0 spiro atoms. The van der Waals surface area contributed by atoms with Crippen molar-refractivity contribution in [1.29, 1.82) is 0 Å². The number of rotatable bonds is 5. The Morgan fingerprint density at radius 3 is 2.52 bits per heavy atom. The normalized spacial score (nSPS) is 25.3. The first-order chi connectivity index (χ1) is 13.5. The van der Waals surface area contributed by atoms with Gasteiger partial charge < -0.3 is 10.1 Å². The third-order valence-corrected chi connectivity index (χ3v) is 8.05. The van der Waals surface area contributed by atoms with Gasteiger partial charge in [-0.2, -0.15) is 0 Å². The Balaban J connectivity index is 1.81. The summed E-state index contributed by atoms with van der Waals surface area (Å²) >= 11 is 1.28. The summed E-state index contributed by atoms with van der Waals surface area (Å²) in [4.78, 5) is 53.0. The average Bonchev–Trinajstić information content (AvgIpc) is 3.01. The number of carbonyl (C=O) groups excluding carboxylic acids is 4. The van der Waals surface area contributed by atoms with E-state index in [2.05, 4.69) is 5.32 Å². The van der Waals surface area contributed by atoms with Crippen LogP contribution in [0.1, 0.15) is 61.3 Å². The molecule has 1 saturated heterocycles. The van der Waals surface area contributed by atoms with Crippen LogP contribution in [0.2, 0.25) is 0 Å². The summed E-state index contributed by atoms with van der Waals surface area (Å²) < 4.78 is 5.10. The van der Waals surface area contributed by atoms with Crippen molar-refractivity contribution in [2.75, 3.05) is 18.5 Å². The van der Waals surface area contributed by atoms with Gasteiger partial charge in [0.05, 0.1) is 17.6 Å². The van der Waals surface area contributed by atoms with E-state index in [1.165, 1.54) is 11.3 Å². The lowest BCUT2D eigenvalue weighted by molar-refractivity contribution is -0.168. The fourth-order valence-electron chi connectivity index (χ4n) is 4.52. The molecule has 1 saturated carbocycles. The highest BCUT2D eigenvalue weighted by atomic mass is 32.1. The van der Waals surface area contributed by atoms with Gasteiger partial charge in [0.1, 0.15) is 11.5 Å². The second kappa shape index (κ2) is 7.23. The zero-order valence-electron chi connectivity index (χ0n) is 17.8. The topological polar surface area (TPSA) is 92.8 Å². The van der Waals surface area contributed by atoms with E-state index in [0.29, 0.717) is 23.4 Å². The molecule has 1 aliphatic heterocycles. The van der Waals surface area contributed by atoms with E-state index in [4.69, 9.17) is 4.74 Å². The number of carbonyl (C=O) groups is 4. The quantitative estimate of drug-likeness (QED) is 0.583. The van der Waals surface area contributed by atoms with Crippen molar-refractivity contribution in [1.82, 2.24) is 4.90 Å². The minimum atomic E-state index is -0.655. The van der Waals surface area contributed by atoms with Crippen LogP contribution in [0.15, 0.2) is 0 Å². The van der Waals surface area contributed by atoms with E-state index >= 15 is 0 Å². The predicted molar refractivity (Wildman–Crippen MR) is 110 cm³/mol. The molecule has 7 nitrogen and oxygen atoms in total. The van der Waals surface area contributed by atoms with E-state index in [-0.39, 0.29) is 30.9 Å². The molecule has 1 aromatic rings. The van der Waals surface area contributed by atoms with Crippen LogP contribution in [-0.4, -0.2) is 41.7 Å². The molecule has 2 heterocycles. The highest BCUT2D eigenvalue weighted by Gasteiger charge is 2.64. The number of hydrogen-bond donors (Lipinski definition) is 1. The van der Waals surface area contributed by atoms with Gasteiger partial charge in [-0.3, -0.25) is 19.3 Å².